The number of aromatic nitrogens is 2. The maximum absolute atomic E-state index is 10.6. The van der Waals surface area contributed by atoms with Crippen LogP contribution in [-0.2, 0) is 0 Å². The minimum absolute atomic E-state index is 0.146. The van der Waals surface area contributed by atoms with Crippen LogP contribution in [0.4, 0.5) is 0 Å². The fourth-order valence-electron chi connectivity index (χ4n) is 3.94. The van der Waals surface area contributed by atoms with Crippen molar-refractivity contribution in [1.82, 2.24) is 14.5 Å². The van der Waals surface area contributed by atoms with E-state index in [1.165, 1.54) is 11.1 Å². The molecular weight excluding hydrogens is 276 g/mol. The first-order valence-corrected chi connectivity index (χ1v) is 7.68. The summed E-state index contributed by atoms with van der Waals surface area (Å²) in [6.07, 6.45) is 4.23. The number of hydrogen-bond acceptors (Lipinski definition) is 4. The number of aliphatic hydroxyl groups is 1. The summed E-state index contributed by atoms with van der Waals surface area (Å²) in [5, 5.41) is 19.5. The maximum atomic E-state index is 10.6. The van der Waals surface area contributed by atoms with Gasteiger partial charge < -0.3 is 9.67 Å². The maximum Gasteiger partial charge on any atom is 0.0956 e. The van der Waals surface area contributed by atoms with Crippen LogP contribution >= 0.6 is 0 Å². The zero-order valence-corrected chi connectivity index (χ0v) is 12.3. The van der Waals surface area contributed by atoms with E-state index in [2.05, 4.69) is 33.8 Å². The molecular formula is C17H18N4O. The molecule has 3 heterocycles. The van der Waals surface area contributed by atoms with Gasteiger partial charge in [-0.1, -0.05) is 24.3 Å². The smallest absolute Gasteiger partial charge is 0.0956 e. The summed E-state index contributed by atoms with van der Waals surface area (Å²) in [6.45, 7) is 1.82. The van der Waals surface area contributed by atoms with E-state index in [9.17, 15) is 5.11 Å². The van der Waals surface area contributed by atoms with E-state index in [0.29, 0.717) is 13.1 Å². The molecule has 2 aliphatic heterocycles. The Kier molecular flexibility index (Phi) is 3.21. The molecule has 1 aromatic heterocycles. The second-order valence-corrected chi connectivity index (χ2v) is 6.13. The van der Waals surface area contributed by atoms with Crippen molar-refractivity contribution in [3.05, 3.63) is 42.4 Å². The SMILES string of the molecule is N#CCN1CC[C@@H]([C@H]2c3ccccc3-c3cncn32)[C@H](O)C1. The van der Waals surface area contributed by atoms with Crippen LogP contribution in [0.3, 0.4) is 0 Å². The summed E-state index contributed by atoms with van der Waals surface area (Å²) in [7, 11) is 0. The number of rotatable bonds is 2. The van der Waals surface area contributed by atoms with E-state index in [1.54, 1.807) is 0 Å². The molecule has 0 unspecified atom stereocenters. The van der Waals surface area contributed by atoms with E-state index < -0.39 is 6.10 Å². The molecule has 1 N–H and O–H groups in total. The van der Waals surface area contributed by atoms with Gasteiger partial charge in [0, 0.05) is 18.0 Å². The molecule has 1 aromatic carbocycles. The summed E-state index contributed by atoms with van der Waals surface area (Å²) in [6, 6.07) is 10.7. The summed E-state index contributed by atoms with van der Waals surface area (Å²) in [5.41, 5.74) is 3.63. The highest BCUT2D eigenvalue weighted by Gasteiger charge is 2.40. The third kappa shape index (κ3) is 1.96. The zero-order chi connectivity index (χ0) is 15.1. The minimum atomic E-state index is -0.423. The summed E-state index contributed by atoms with van der Waals surface area (Å²) in [5.74, 6) is 0.159. The van der Waals surface area contributed by atoms with Crippen molar-refractivity contribution in [2.24, 2.45) is 5.92 Å². The molecule has 1 saturated heterocycles. The second kappa shape index (κ2) is 5.24. The van der Waals surface area contributed by atoms with Crippen molar-refractivity contribution in [2.45, 2.75) is 18.6 Å². The Balaban J connectivity index is 1.68. The molecule has 4 rings (SSSR count). The van der Waals surface area contributed by atoms with Gasteiger partial charge >= 0.3 is 0 Å². The van der Waals surface area contributed by atoms with E-state index >= 15 is 0 Å². The van der Waals surface area contributed by atoms with Crippen LogP contribution in [0.2, 0.25) is 0 Å². The predicted molar refractivity (Wildman–Crippen MR) is 82.0 cm³/mol. The highest BCUT2D eigenvalue weighted by Crippen LogP contribution is 2.45. The van der Waals surface area contributed by atoms with Crippen LogP contribution in [0.1, 0.15) is 18.0 Å². The molecule has 0 bridgehead atoms. The fraction of sp³-hybridized carbons (Fsp3) is 0.412. The average Bonchev–Trinajstić information content (AvgIpc) is 3.09. The lowest BCUT2D eigenvalue weighted by atomic mass is 9.83. The number of likely N-dealkylation sites (tertiary alicyclic amines) is 1. The van der Waals surface area contributed by atoms with Gasteiger partial charge in [-0.3, -0.25) is 4.90 Å². The molecule has 0 saturated carbocycles. The molecule has 3 atom stereocenters. The lowest BCUT2D eigenvalue weighted by molar-refractivity contribution is 0.0119. The topological polar surface area (TPSA) is 65.1 Å². The monoisotopic (exact) mass is 294 g/mol. The van der Waals surface area contributed by atoms with Crippen molar-refractivity contribution in [3.63, 3.8) is 0 Å². The van der Waals surface area contributed by atoms with Gasteiger partial charge in [-0.05, 0) is 18.5 Å². The average molecular weight is 294 g/mol. The third-order valence-electron chi connectivity index (χ3n) is 4.94. The molecule has 0 spiro atoms. The molecule has 0 radical (unpaired) electrons. The van der Waals surface area contributed by atoms with Crippen LogP contribution in [0.5, 0.6) is 0 Å². The first-order chi connectivity index (χ1) is 10.8. The lowest BCUT2D eigenvalue weighted by Gasteiger charge is -2.38. The number of β-amino-alcohol motifs (C(OH)–C–C–N with tert-alkyl or cyclic N) is 1. The normalized spacial score (nSPS) is 27.2. The van der Waals surface area contributed by atoms with Crippen LogP contribution in [-0.4, -0.2) is 45.3 Å². The Morgan fingerprint density at radius 3 is 3.05 bits per heavy atom. The quantitative estimate of drug-likeness (QED) is 0.856. The predicted octanol–water partition coefficient (Wildman–Crippen LogP) is 1.66. The number of aliphatic hydroxyl groups excluding tert-OH is 1. The van der Waals surface area contributed by atoms with Crippen molar-refractivity contribution < 1.29 is 5.11 Å². The summed E-state index contributed by atoms with van der Waals surface area (Å²) < 4.78 is 2.19. The number of fused-ring (bicyclic) bond motifs is 3. The van der Waals surface area contributed by atoms with Crippen LogP contribution in [0.15, 0.2) is 36.8 Å². The Morgan fingerprint density at radius 2 is 2.23 bits per heavy atom. The molecule has 1 fully saturated rings. The largest absolute Gasteiger partial charge is 0.391 e. The Labute approximate surface area is 129 Å². The highest BCUT2D eigenvalue weighted by atomic mass is 16.3. The molecule has 5 heteroatoms. The molecule has 2 aliphatic rings. The van der Waals surface area contributed by atoms with Gasteiger partial charge in [0.15, 0.2) is 0 Å². The highest BCUT2D eigenvalue weighted by molar-refractivity contribution is 5.69. The molecule has 2 aromatic rings. The Morgan fingerprint density at radius 1 is 1.36 bits per heavy atom. The van der Waals surface area contributed by atoms with Crippen molar-refractivity contribution in [3.8, 4) is 17.3 Å². The zero-order valence-electron chi connectivity index (χ0n) is 12.3. The molecule has 0 amide bonds. The minimum Gasteiger partial charge on any atom is -0.391 e. The van der Waals surface area contributed by atoms with E-state index in [0.717, 1.165) is 18.7 Å². The Bertz CT molecular complexity index is 732. The number of imidazole rings is 1. The van der Waals surface area contributed by atoms with Crippen LogP contribution in [0.25, 0.3) is 11.3 Å². The molecule has 5 nitrogen and oxygen atoms in total. The summed E-state index contributed by atoms with van der Waals surface area (Å²) in [4.78, 5) is 6.31. The lowest BCUT2D eigenvalue weighted by Crippen LogP contribution is -2.46. The van der Waals surface area contributed by atoms with Crippen molar-refractivity contribution >= 4 is 0 Å². The van der Waals surface area contributed by atoms with Gasteiger partial charge in [0.2, 0.25) is 0 Å². The third-order valence-corrected chi connectivity index (χ3v) is 4.94. The van der Waals surface area contributed by atoms with Gasteiger partial charge in [0.25, 0.3) is 0 Å². The van der Waals surface area contributed by atoms with Gasteiger partial charge in [0.05, 0.1) is 43.0 Å². The van der Waals surface area contributed by atoms with E-state index in [-0.39, 0.29) is 12.0 Å². The fourth-order valence-corrected chi connectivity index (χ4v) is 3.94. The summed E-state index contributed by atoms with van der Waals surface area (Å²) >= 11 is 0. The van der Waals surface area contributed by atoms with Gasteiger partial charge in [-0.2, -0.15) is 5.26 Å². The number of piperidine rings is 1. The number of nitriles is 1. The first-order valence-electron chi connectivity index (χ1n) is 7.68. The number of hydrogen-bond donors (Lipinski definition) is 1. The van der Waals surface area contributed by atoms with Gasteiger partial charge in [-0.15, -0.1) is 0 Å². The molecule has 22 heavy (non-hydrogen) atoms. The second-order valence-electron chi connectivity index (χ2n) is 6.13. The van der Waals surface area contributed by atoms with Crippen molar-refractivity contribution in [1.29, 1.82) is 5.26 Å². The van der Waals surface area contributed by atoms with Crippen molar-refractivity contribution in [2.75, 3.05) is 19.6 Å². The van der Waals surface area contributed by atoms with Crippen LogP contribution in [0, 0.1) is 17.2 Å². The molecule has 112 valence electrons. The van der Waals surface area contributed by atoms with E-state index in [4.69, 9.17) is 5.26 Å². The van der Waals surface area contributed by atoms with Crippen LogP contribution < -0.4 is 0 Å². The van der Waals surface area contributed by atoms with Gasteiger partial charge in [0.1, 0.15) is 0 Å². The number of benzene rings is 1. The van der Waals surface area contributed by atoms with E-state index in [1.807, 2.05) is 23.5 Å². The Hall–Kier alpha value is -2.16. The van der Waals surface area contributed by atoms with Gasteiger partial charge in [-0.25, -0.2) is 4.98 Å². The number of nitrogens with zero attached hydrogens (tertiary/aromatic N) is 4. The first kappa shape index (κ1) is 13.5. The standard InChI is InChI=1S/C17H18N4O/c18-6-8-20-7-5-14(16(22)10-20)17-13-4-2-1-3-12(13)15-9-19-11-21(15)17/h1-4,9,11,14,16-17,22H,5,7-8,10H2/t14-,16-,17-/m1/s1. The molecule has 0 aliphatic carbocycles.